The van der Waals surface area contributed by atoms with Gasteiger partial charge in [-0.25, -0.2) is 4.98 Å². The van der Waals surface area contributed by atoms with Gasteiger partial charge in [0.1, 0.15) is 0 Å². The molecule has 0 unspecified atom stereocenters. The van der Waals surface area contributed by atoms with Crippen molar-refractivity contribution in [2.24, 2.45) is 5.92 Å². The number of nitrogens with one attached hydrogen (secondary N) is 1. The van der Waals surface area contributed by atoms with E-state index in [1.807, 2.05) is 6.92 Å². The summed E-state index contributed by atoms with van der Waals surface area (Å²) in [6.07, 6.45) is 7.68. The highest BCUT2D eigenvalue weighted by molar-refractivity contribution is 5.55. The van der Waals surface area contributed by atoms with Crippen molar-refractivity contribution in [2.75, 3.05) is 11.9 Å². The highest BCUT2D eigenvalue weighted by Gasteiger charge is 2.16. The molecule has 0 atom stereocenters. The molecule has 0 saturated heterocycles. The third kappa shape index (κ3) is 3.91. The van der Waals surface area contributed by atoms with Gasteiger partial charge in [-0.3, -0.25) is 10.1 Å². The van der Waals surface area contributed by atoms with E-state index in [2.05, 4.69) is 10.3 Å². The van der Waals surface area contributed by atoms with Gasteiger partial charge in [-0.05, 0) is 25.3 Å². The van der Waals surface area contributed by atoms with Gasteiger partial charge >= 0.3 is 5.69 Å². The number of nitro groups is 1. The summed E-state index contributed by atoms with van der Waals surface area (Å²) in [5.41, 5.74) is 0.861. The molecule has 1 heterocycles. The van der Waals surface area contributed by atoms with E-state index in [0.29, 0.717) is 5.82 Å². The van der Waals surface area contributed by atoms with E-state index in [1.54, 1.807) is 6.07 Å². The molecule has 19 heavy (non-hydrogen) atoms. The zero-order valence-electron chi connectivity index (χ0n) is 11.4. The predicted molar refractivity (Wildman–Crippen MR) is 75.3 cm³/mol. The van der Waals surface area contributed by atoms with Crippen LogP contribution in [0.15, 0.2) is 12.1 Å². The first kappa shape index (κ1) is 13.8. The van der Waals surface area contributed by atoms with Gasteiger partial charge < -0.3 is 5.32 Å². The minimum Gasteiger partial charge on any atom is -0.364 e. The zero-order chi connectivity index (χ0) is 13.7. The summed E-state index contributed by atoms with van der Waals surface area (Å²) >= 11 is 0. The molecule has 5 nitrogen and oxygen atoms in total. The van der Waals surface area contributed by atoms with Gasteiger partial charge in [0.25, 0.3) is 0 Å². The molecule has 104 valence electrons. The van der Waals surface area contributed by atoms with E-state index in [1.165, 1.54) is 38.2 Å². The highest BCUT2D eigenvalue weighted by Crippen LogP contribution is 2.27. The van der Waals surface area contributed by atoms with Crippen LogP contribution in [0.25, 0.3) is 0 Å². The standard InChI is InChI=1S/C14H21N3O2/c1-11-7-8-13(17(18)19)14(16-11)15-10-9-12-5-3-2-4-6-12/h7-8,12H,2-6,9-10H2,1H3,(H,15,16). The maximum atomic E-state index is 10.9. The Balaban J connectivity index is 1.91. The van der Waals surface area contributed by atoms with Crippen molar-refractivity contribution in [2.45, 2.75) is 45.4 Å². The van der Waals surface area contributed by atoms with Crippen LogP contribution in [0.5, 0.6) is 0 Å². The predicted octanol–water partition coefficient (Wildman–Crippen LogP) is 3.68. The van der Waals surface area contributed by atoms with Gasteiger partial charge in [-0.1, -0.05) is 32.1 Å². The summed E-state index contributed by atoms with van der Waals surface area (Å²) in [4.78, 5) is 14.8. The highest BCUT2D eigenvalue weighted by atomic mass is 16.6. The molecule has 1 aliphatic carbocycles. The zero-order valence-corrected chi connectivity index (χ0v) is 11.4. The fourth-order valence-electron chi connectivity index (χ4n) is 2.70. The quantitative estimate of drug-likeness (QED) is 0.650. The molecule has 1 aromatic rings. The number of aryl methyl sites for hydroxylation is 1. The molecule has 1 aliphatic rings. The lowest BCUT2D eigenvalue weighted by atomic mass is 9.87. The van der Waals surface area contributed by atoms with Crippen LogP contribution in [0.1, 0.15) is 44.2 Å². The van der Waals surface area contributed by atoms with E-state index >= 15 is 0 Å². The third-order valence-electron chi connectivity index (χ3n) is 3.78. The van der Waals surface area contributed by atoms with E-state index < -0.39 is 0 Å². The Morgan fingerprint density at radius 2 is 2.11 bits per heavy atom. The Kier molecular flexibility index (Phi) is 4.71. The molecule has 0 aromatic carbocycles. The van der Waals surface area contributed by atoms with E-state index in [9.17, 15) is 10.1 Å². The lowest BCUT2D eigenvalue weighted by molar-refractivity contribution is -0.384. The Labute approximate surface area is 113 Å². The molecule has 0 radical (unpaired) electrons. The van der Waals surface area contributed by atoms with Crippen molar-refractivity contribution in [1.82, 2.24) is 4.98 Å². The van der Waals surface area contributed by atoms with Crippen molar-refractivity contribution >= 4 is 11.5 Å². The van der Waals surface area contributed by atoms with Gasteiger partial charge in [-0.15, -0.1) is 0 Å². The van der Waals surface area contributed by atoms with Crippen LogP contribution in [-0.2, 0) is 0 Å². The van der Waals surface area contributed by atoms with Crippen molar-refractivity contribution in [3.05, 3.63) is 27.9 Å². The minimum absolute atomic E-state index is 0.0641. The number of rotatable bonds is 5. The van der Waals surface area contributed by atoms with E-state index in [-0.39, 0.29) is 10.6 Å². The van der Waals surface area contributed by atoms with Crippen LogP contribution in [-0.4, -0.2) is 16.5 Å². The maximum Gasteiger partial charge on any atom is 0.311 e. The first-order valence-electron chi connectivity index (χ1n) is 7.02. The number of pyridine rings is 1. The Hall–Kier alpha value is -1.65. The van der Waals surface area contributed by atoms with Gasteiger partial charge in [0.15, 0.2) is 0 Å². The molecule has 1 fully saturated rings. The first-order valence-corrected chi connectivity index (χ1v) is 7.02. The van der Waals surface area contributed by atoms with Crippen molar-refractivity contribution in [3.8, 4) is 0 Å². The normalized spacial score (nSPS) is 16.3. The molecule has 1 aromatic heterocycles. The second-order valence-corrected chi connectivity index (χ2v) is 5.30. The summed E-state index contributed by atoms with van der Waals surface area (Å²) in [5, 5.41) is 14.1. The van der Waals surface area contributed by atoms with Crippen molar-refractivity contribution in [3.63, 3.8) is 0 Å². The summed E-state index contributed by atoms with van der Waals surface area (Å²) in [5.74, 6) is 1.17. The number of aromatic nitrogens is 1. The minimum atomic E-state index is -0.380. The van der Waals surface area contributed by atoms with Crippen LogP contribution in [0.2, 0.25) is 0 Å². The largest absolute Gasteiger partial charge is 0.364 e. The number of nitrogens with zero attached hydrogens (tertiary/aromatic N) is 2. The molecular formula is C14H21N3O2. The lowest BCUT2D eigenvalue weighted by Gasteiger charge is -2.21. The fourth-order valence-corrected chi connectivity index (χ4v) is 2.70. The fraction of sp³-hybridized carbons (Fsp3) is 0.643. The monoisotopic (exact) mass is 263 g/mol. The summed E-state index contributed by atoms with van der Waals surface area (Å²) in [7, 11) is 0. The van der Waals surface area contributed by atoms with E-state index in [0.717, 1.165) is 24.6 Å². The molecule has 2 rings (SSSR count). The lowest BCUT2D eigenvalue weighted by Crippen LogP contribution is -2.13. The molecule has 0 amide bonds. The summed E-state index contributed by atoms with van der Waals surface area (Å²) in [6.45, 7) is 2.61. The van der Waals surface area contributed by atoms with Gasteiger partial charge in [0.2, 0.25) is 5.82 Å². The molecule has 5 heteroatoms. The van der Waals surface area contributed by atoms with Crippen LogP contribution >= 0.6 is 0 Å². The van der Waals surface area contributed by atoms with Gasteiger partial charge in [-0.2, -0.15) is 0 Å². The van der Waals surface area contributed by atoms with Crippen molar-refractivity contribution in [1.29, 1.82) is 0 Å². The SMILES string of the molecule is Cc1ccc([N+](=O)[O-])c(NCCC2CCCCC2)n1. The van der Waals surface area contributed by atoms with Crippen LogP contribution < -0.4 is 5.32 Å². The summed E-state index contributed by atoms with van der Waals surface area (Å²) in [6, 6.07) is 3.19. The molecule has 1 saturated carbocycles. The average Bonchev–Trinajstić information content (AvgIpc) is 2.39. The Morgan fingerprint density at radius 1 is 1.37 bits per heavy atom. The number of hydrogen-bond donors (Lipinski definition) is 1. The first-order chi connectivity index (χ1) is 9.16. The average molecular weight is 263 g/mol. The Bertz CT molecular complexity index is 442. The molecule has 0 spiro atoms. The second kappa shape index (κ2) is 6.50. The van der Waals surface area contributed by atoms with Crippen LogP contribution in [0.3, 0.4) is 0 Å². The van der Waals surface area contributed by atoms with Gasteiger partial charge in [0, 0.05) is 18.3 Å². The maximum absolute atomic E-state index is 10.9. The second-order valence-electron chi connectivity index (χ2n) is 5.30. The smallest absolute Gasteiger partial charge is 0.311 e. The van der Waals surface area contributed by atoms with Crippen molar-refractivity contribution < 1.29 is 4.92 Å². The summed E-state index contributed by atoms with van der Waals surface area (Å²) < 4.78 is 0. The van der Waals surface area contributed by atoms with Crippen LogP contribution in [0.4, 0.5) is 11.5 Å². The third-order valence-corrected chi connectivity index (χ3v) is 3.78. The number of hydrogen-bond acceptors (Lipinski definition) is 4. The topological polar surface area (TPSA) is 68.1 Å². The van der Waals surface area contributed by atoms with Gasteiger partial charge in [0.05, 0.1) is 4.92 Å². The van der Waals surface area contributed by atoms with Crippen LogP contribution in [0, 0.1) is 23.0 Å². The molecular weight excluding hydrogens is 242 g/mol. The molecule has 0 bridgehead atoms. The molecule has 0 aliphatic heterocycles. The molecule has 1 N–H and O–H groups in total. The Morgan fingerprint density at radius 3 is 2.79 bits per heavy atom. The van der Waals surface area contributed by atoms with E-state index in [4.69, 9.17) is 0 Å². The number of anilines is 1.